The van der Waals surface area contributed by atoms with E-state index in [9.17, 15) is 54.0 Å². The standard InChI is InChI=1S/C88H120ClN13O20S3/c1-50-24-22-32-71(119-10)88(117)45-70(120-86(116)100-88)51(2)77-87(6,122-77)72(44-74(107)102(8)68-41-57(38-50)42-69(118-9)75(68)89)121-85(115)52(3)101(7)73(106)33-37-123-36-23-35-91-62(39-55-25-14-11-15-26-55)79(109)97-66-48-124-125-49-67(83(113)96-65(47-103)53(4)104)98-84(114)76(54(5)105)99-78(108)61(31-18-13-21-34-90)93-81(111)64(43-58-46-92-60-30-20-19-29-59(58)60)95-80(110)63(94-82(66)112)40-56-27-16-12-17-28-56/h11-12,14-17,19-20,22,24-30,32,41-42,46,51-54,61-67,70-72,76-77,91-92,103-105,117H,13,18,21,23,31,33-40,43-45,47-49,90H2,1-10H3,(H,93,111)(H,94,112)(H,95,110)(H,96,113)(H,97,109)(H,98,114)(H,99,108)(H,100,116)/b32-22+,50-24+/t51-,52+,53-,54-,61+,62-,63+,64-,65-,66+,67+,70+,71-,72+,76+,77+,87+,88+/m1/s1. The van der Waals surface area contributed by atoms with Crippen LogP contribution in [0.5, 0.6) is 5.75 Å². The maximum atomic E-state index is 15.4. The molecule has 4 aliphatic rings. The lowest BCUT2D eigenvalue weighted by atomic mass is 9.83. The van der Waals surface area contributed by atoms with Crippen molar-refractivity contribution in [2.45, 2.75) is 221 Å². The molecule has 682 valence electrons. The van der Waals surface area contributed by atoms with E-state index in [4.69, 9.17) is 41.0 Å². The molecule has 16 N–H and O–H groups in total. The number of likely N-dealkylation sites (N-methyl/N-ethyl adjacent to an activating group) is 1. The number of carbonyl (C=O) groups is 11. The summed E-state index contributed by atoms with van der Waals surface area (Å²) in [4.78, 5) is 166. The third-order valence-electron chi connectivity index (χ3n) is 22.9. The molecule has 0 radical (unpaired) electrons. The fourth-order valence-electron chi connectivity index (χ4n) is 15.2. The molecular weight excluding hydrogens is 1690 g/mol. The zero-order valence-corrected chi connectivity index (χ0v) is 75.3. The van der Waals surface area contributed by atoms with Gasteiger partial charge in [-0.3, -0.25) is 48.5 Å². The number of aliphatic hydroxyl groups excluding tert-OH is 3. The summed E-state index contributed by atoms with van der Waals surface area (Å²) in [5.74, 6) is -7.67. The second kappa shape index (κ2) is 47.5. The largest absolute Gasteiger partial charge is 0.495 e. The predicted octanol–water partition coefficient (Wildman–Crippen LogP) is 4.26. The number of halogens is 1. The van der Waals surface area contributed by atoms with Crippen LogP contribution < -0.4 is 63.2 Å². The number of methoxy groups -OCH3 is 2. The van der Waals surface area contributed by atoms with Crippen molar-refractivity contribution in [2.75, 3.05) is 75.9 Å². The maximum Gasteiger partial charge on any atom is 0.409 e. The molecule has 18 atom stereocenters. The van der Waals surface area contributed by atoms with E-state index in [1.807, 2.05) is 67.6 Å². The van der Waals surface area contributed by atoms with Crippen molar-refractivity contribution >= 4 is 127 Å². The topological polar surface area (TPSA) is 475 Å². The van der Waals surface area contributed by atoms with Crippen LogP contribution in [0.25, 0.3) is 10.9 Å². The smallest absolute Gasteiger partial charge is 0.409 e. The Kier molecular flexibility index (Phi) is 37.8. The lowest BCUT2D eigenvalue weighted by molar-refractivity contribution is -0.162. The summed E-state index contributed by atoms with van der Waals surface area (Å²) in [6, 6.07) is 16.5. The molecule has 4 bridgehead atoms. The first-order valence-electron chi connectivity index (χ1n) is 42.0. The molecule has 0 saturated carbocycles. The molecule has 1 aromatic heterocycles. The van der Waals surface area contributed by atoms with Crippen LogP contribution in [-0.2, 0) is 92.6 Å². The molecule has 0 aliphatic carbocycles. The number of H-pyrrole nitrogens is 1. The summed E-state index contributed by atoms with van der Waals surface area (Å²) in [7, 11) is 7.87. The average Bonchev–Trinajstić information content (AvgIpc) is 1.57. The van der Waals surface area contributed by atoms with E-state index >= 15 is 19.2 Å². The van der Waals surface area contributed by atoms with Crippen LogP contribution in [0.15, 0.2) is 127 Å². The van der Waals surface area contributed by atoms with Gasteiger partial charge in [0.1, 0.15) is 77.0 Å². The first kappa shape index (κ1) is 99.5. The molecule has 37 heteroatoms. The number of nitrogens with one attached hydrogen (secondary N) is 10. The average molecular weight is 1810 g/mol. The van der Waals surface area contributed by atoms with Gasteiger partial charge in [0, 0.05) is 87.2 Å². The second-order valence-electron chi connectivity index (χ2n) is 32.3. The van der Waals surface area contributed by atoms with Crippen LogP contribution in [0.2, 0.25) is 5.02 Å². The Morgan fingerprint density at radius 3 is 2.16 bits per heavy atom. The van der Waals surface area contributed by atoms with Crippen LogP contribution in [0, 0.1) is 5.92 Å². The van der Waals surface area contributed by atoms with Gasteiger partial charge in [-0.2, -0.15) is 11.8 Å². The van der Waals surface area contributed by atoms with E-state index in [0.29, 0.717) is 72.7 Å². The summed E-state index contributed by atoms with van der Waals surface area (Å²) in [6.45, 7) is 9.31. The molecule has 3 saturated heterocycles. The number of hydrogen-bond donors (Lipinski definition) is 15. The minimum atomic E-state index is -1.93. The summed E-state index contributed by atoms with van der Waals surface area (Å²) in [5.41, 5.74) is 7.18. The number of anilines is 1. The van der Waals surface area contributed by atoms with Crippen LogP contribution in [0.3, 0.4) is 0 Å². The summed E-state index contributed by atoms with van der Waals surface area (Å²) >= 11 is 8.36. The zero-order chi connectivity index (χ0) is 90.8. The van der Waals surface area contributed by atoms with Gasteiger partial charge in [-0.05, 0) is 126 Å². The fraction of sp³-hybridized carbons (Fsp3) is 0.534. The minimum Gasteiger partial charge on any atom is -0.495 e. The Labute approximate surface area is 745 Å². The zero-order valence-electron chi connectivity index (χ0n) is 72.1. The molecule has 0 spiro atoms. The third kappa shape index (κ3) is 27.8. The van der Waals surface area contributed by atoms with Crippen molar-refractivity contribution in [2.24, 2.45) is 11.7 Å². The number of para-hydroxylation sites is 1. The first-order valence-corrected chi connectivity index (χ1v) is 46.0. The molecule has 9 rings (SSSR count). The molecule has 10 amide bonds. The van der Waals surface area contributed by atoms with Crippen molar-refractivity contribution in [3.8, 4) is 5.75 Å². The number of nitrogens with two attached hydrogens (primary N) is 1. The number of allylic oxidation sites excluding steroid dienone is 3. The van der Waals surface area contributed by atoms with Gasteiger partial charge in [0.05, 0.1) is 56.2 Å². The van der Waals surface area contributed by atoms with Gasteiger partial charge in [0.15, 0.2) is 5.72 Å². The lowest BCUT2D eigenvalue weighted by Crippen LogP contribution is -2.63. The molecule has 5 heterocycles. The molecular formula is C88H120ClN13O20S3. The number of unbranched alkanes of at least 4 members (excludes halogenated alkanes) is 2. The number of nitrogens with zero attached hydrogens (tertiary/aromatic N) is 2. The van der Waals surface area contributed by atoms with Crippen molar-refractivity contribution in [1.29, 1.82) is 0 Å². The Balaban J connectivity index is 0.912. The lowest BCUT2D eigenvalue weighted by Gasteiger charge is -2.42. The molecule has 4 aromatic carbocycles. The third-order valence-corrected chi connectivity index (χ3v) is 26.8. The maximum absolute atomic E-state index is 15.4. The number of aliphatic hydroxyl groups is 4. The van der Waals surface area contributed by atoms with Gasteiger partial charge in [-0.25, -0.2) is 9.59 Å². The number of rotatable bonds is 31. The minimum absolute atomic E-state index is 0.0119. The first-order chi connectivity index (χ1) is 59.7. The number of fused-ring (bicyclic) bond motifs is 6. The highest BCUT2D eigenvalue weighted by Gasteiger charge is 2.65. The number of alkyl carbamates (subject to hydrolysis) is 1. The quantitative estimate of drug-likeness (QED) is 0.0128. The van der Waals surface area contributed by atoms with E-state index in [-0.39, 0.29) is 61.6 Å². The molecule has 0 unspecified atom stereocenters. The number of hydrogen-bond acceptors (Lipinski definition) is 25. The molecule has 3 fully saturated rings. The number of carbonyl (C=O) groups excluding carboxylic acids is 11. The number of esters is 1. The van der Waals surface area contributed by atoms with Gasteiger partial charge in [-0.1, -0.05) is 156 Å². The van der Waals surface area contributed by atoms with Crippen molar-refractivity contribution < 1.29 is 96.9 Å². The van der Waals surface area contributed by atoms with Crippen molar-refractivity contribution in [3.63, 3.8) is 0 Å². The number of benzene rings is 4. The fourth-order valence-corrected chi connectivity index (χ4v) is 18.7. The Hall–Kier alpha value is -9.31. The van der Waals surface area contributed by atoms with Crippen molar-refractivity contribution in [1.82, 2.24) is 57.7 Å². The van der Waals surface area contributed by atoms with Crippen LogP contribution in [-0.4, -0.2) is 269 Å². The number of thioether (sulfide) groups is 1. The number of amides is 10. The highest BCUT2D eigenvalue weighted by molar-refractivity contribution is 8.76. The molecule has 125 heavy (non-hydrogen) atoms. The van der Waals surface area contributed by atoms with E-state index < -0.39 is 186 Å². The summed E-state index contributed by atoms with van der Waals surface area (Å²) in [5, 5.41) is 69.9. The summed E-state index contributed by atoms with van der Waals surface area (Å²) < 4.78 is 29.8. The number of ether oxygens (including phenoxy) is 5. The number of epoxide rings is 1. The monoisotopic (exact) mass is 1810 g/mol. The Bertz CT molecular complexity index is 4590. The normalized spacial score (nSPS) is 26.4. The van der Waals surface area contributed by atoms with Gasteiger partial charge >= 0.3 is 12.1 Å². The highest BCUT2D eigenvalue weighted by atomic mass is 35.5. The SMILES string of the molecule is COc1cc2cc(c1Cl)N(C)C(=O)C[C@H](OC(=O)[C@H](C)N(C)C(=O)CCSCCCN[C@H](Cc1ccccc1)C(=O)N[C@H]1CSSC[C@@H](C(=O)N[C@H](CO)[C@@H](C)O)NC(=O)[C@H]([C@@H](C)O)NC(=O)[C@H](CCCCCN)NC(=O)[C@@H](Cc3c[nH]c4ccccc34)NC(=O)[C@H](Cc3ccccc3)NC1=O)[C@]1(C)O[C@H]1[C@H](C)[C@@H]1C[C@@](O)(NC(=O)O1)[C@H](OC)/C=C/C=C(\C)C2. The van der Waals surface area contributed by atoms with E-state index in [2.05, 4.69) is 52.8 Å². The van der Waals surface area contributed by atoms with Crippen molar-refractivity contribution in [3.05, 3.63) is 154 Å². The second-order valence-corrected chi connectivity index (χ2v) is 36.5. The predicted molar refractivity (Wildman–Crippen MR) is 478 cm³/mol. The van der Waals surface area contributed by atoms with Crippen LogP contribution >= 0.6 is 45.0 Å². The number of aromatic amines is 1. The van der Waals surface area contributed by atoms with Gasteiger partial charge in [0.25, 0.3) is 0 Å². The van der Waals surface area contributed by atoms with Gasteiger partial charge in [-0.15, -0.1) is 0 Å². The number of aromatic nitrogens is 1. The molecule has 5 aromatic rings. The molecule has 33 nitrogen and oxygen atoms in total. The Morgan fingerprint density at radius 2 is 1.48 bits per heavy atom. The highest BCUT2D eigenvalue weighted by Crippen LogP contribution is 2.49. The van der Waals surface area contributed by atoms with E-state index in [1.165, 1.54) is 70.6 Å². The van der Waals surface area contributed by atoms with Crippen LogP contribution in [0.1, 0.15) is 115 Å². The summed E-state index contributed by atoms with van der Waals surface area (Å²) in [6.07, 6.45) is 0.690. The van der Waals surface area contributed by atoms with E-state index in [1.54, 1.807) is 74.7 Å². The van der Waals surface area contributed by atoms with Gasteiger partial charge in [0.2, 0.25) is 53.2 Å². The Morgan fingerprint density at radius 1 is 0.816 bits per heavy atom. The van der Waals surface area contributed by atoms with Crippen LogP contribution in [0.4, 0.5) is 10.5 Å². The molecule has 4 aliphatic heterocycles. The van der Waals surface area contributed by atoms with E-state index in [0.717, 1.165) is 49.2 Å². The van der Waals surface area contributed by atoms with Gasteiger partial charge < -0.3 is 107 Å².